The number of rotatable bonds is 4. The molecule has 0 spiro atoms. The standard InChI is InChI=1S/C13H19NO2/c1-2-3-6-9-14-12(15)10-7-4-5-8-11(10)13(14)16/h4-5,10-11H,2-3,6-9H2,1H3. The molecule has 2 aliphatic rings. The summed E-state index contributed by atoms with van der Waals surface area (Å²) in [6.45, 7) is 2.75. The normalized spacial score (nSPS) is 28.7. The first-order valence-corrected chi connectivity index (χ1v) is 6.26. The third kappa shape index (κ3) is 1.91. The Morgan fingerprint density at radius 2 is 1.69 bits per heavy atom. The second-order valence-electron chi connectivity index (χ2n) is 4.69. The quantitative estimate of drug-likeness (QED) is 0.414. The highest BCUT2D eigenvalue weighted by Gasteiger charge is 2.46. The molecule has 1 aliphatic heterocycles. The maximum atomic E-state index is 12.0. The summed E-state index contributed by atoms with van der Waals surface area (Å²) >= 11 is 0. The Kier molecular flexibility index (Phi) is 3.42. The van der Waals surface area contributed by atoms with Gasteiger partial charge < -0.3 is 0 Å². The van der Waals surface area contributed by atoms with Crippen LogP contribution in [0.5, 0.6) is 0 Å². The number of carbonyl (C=O) groups is 2. The fraction of sp³-hybridized carbons (Fsp3) is 0.692. The SMILES string of the molecule is CCCCCN1C(=O)C2CC=CCC2C1=O. The smallest absolute Gasteiger partial charge is 0.233 e. The number of hydrogen-bond donors (Lipinski definition) is 0. The van der Waals surface area contributed by atoms with E-state index in [0.29, 0.717) is 6.54 Å². The molecule has 2 amide bonds. The Morgan fingerprint density at radius 1 is 1.12 bits per heavy atom. The Morgan fingerprint density at radius 3 is 2.19 bits per heavy atom. The number of nitrogens with zero attached hydrogens (tertiary/aromatic N) is 1. The highest BCUT2D eigenvalue weighted by Crippen LogP contribution is 2.35. The lowest BCUT2D eigenvalue weighted by molar-refractivity contribution is -0.139. The third-order valence-electron chi connectivity index (χ3n) is 3.58. The summed E-state index contributed by atoms with van der Waals surface area (Å²) in [7, 11) is 0. The fourth-order valence-electron chi connectivity index (χ4n) is 2.61. The molecule has 0 aromatic rings. The van der Waals surface area contributed by atoms with Gasteiger partial charge in [-0.3, -0.25) is 14.5 Å². The Bertz CT molecular complexity index is 296. The molecule has 0 radical (unpaired) electrons. The highest BCUT2D eigenvalue weighted by atomic mass is 16.2. The van der Waals surface area contributed by atoms with Crippen LogP contribution in [0.4, 0.5) is 0 Å². The minimum atomic E-state index is -0.0564. The van der Waals surface area contributed by atoms with E-state index >= 15 is 0 Å². The summed E-state index contributed by atoms with van der Waals surface area (Å²) in [6.07, 6.45) is 8.71. The first-order chi connectivity index (χ1) is 7.75. The first kappa shape index (κ1) is 11.4. The number of unbranched alkanes of at least 4 members (excludes halogenated alkanes) is 2. The maximum Gasteiger partial charge on any atom is 0.233 e. The molecule has 0 aromatic carbocycles. The van der Waals surface area contributed by atoms with E-state index < -0.39 is 0 Å². The zero-order chi connectivity index (χ0) is 11.5. The van der Waals surface area contributed by atoms with Gasteiger partial charge in [-0.2, -0.15) is 0 Å². The summed E-state index contributed by atoms with van der Waals surface area (Å²) in [6, 6.07) is 0. The van der Waals surface area contributed by atoms with Crippen molar-refractivity contribution in [2.45, 2.75) is 39.0 Å². The van der Waals surface area contributed by atoms with Gasteiger partial charge in [0.1, 0.15) is 0 Å². The second-order valence-corrected chi connectivity index (χ2v) is 4.69. The molecule has 2 rings (SSSR count). The van der Waals surface area contributed by atoms with Crippen molar-refractivity contribution in [3.05, 3.63) is 12.2 Å². The Labute approximate surface area is 96.5 Å². The van der Waals surface area contributed by atoms with Gasteiger partial charge in [-0.25, -0.2) is 0 Å². The van der Waals surface area contributed by atoms with E-state index in [1.165, 1.54) is 4.90 Å². The summed E-state index contributed by atoms with van der Waals surface area (Å²) < 4.78 is 0. The number of hydrogen-bond acceptors (Lipinski definition) is 2. The van der Waals surface area contributed by atoms with Crippen LogP contribution in [0.3, 0.4) is 0 Å². The van der Waals surface area contributed by atoms with Gasteiger partial charge in [-0.15, -0.1) is 0 Å². The molecule has 0 N–H and O–H groups in total. The molecule has 2 unspecified atom stereocenters. The molecule has 1 aliphatic carbocycles. The van der Waals surface area contributed by atoms with Gasteiger partial charge in [0.2, 0.25) is 11.8 Å². The Balaban J connectivity index is 2.00. The van der Waals surface area contributed by atoms with Crippen LogP contribution in [0.2, 0.25) is 0 Å². The van der Waals surface area contributed by atoms with Gasteiger partial charge in [0.05, 0.1) is 11.8 Å². The lowest BCUT2D eigenvalue weighted by Crippen LogP contribution is -2.32. The van der Waals surface area contributed by atoms with Gasteiger partial charge >= 0.3 is 0 Å². The molecule has 0 bridgehead atoms. The molecule has 0 aromatic heterocycles. The van der Waals surface area contributed by atoms with Crippen LogP contribution < -0.4 is 0 Å². The van der Waals surface area contributed by atoms with E-state index in [1.54, 1.807) is 0 Å². The van der Waals surface area contributed by atoms with Crippen molar-refractivity contribution in [3.63, 3.8) is 0 Å². The first-order valence-electron chi connectivity index (χ1n) is 6.26. The van der Waals surface area contributed by atoms with Crippen LogP contribution in [-0.2, 0) is 9.59 Å². The van der Waals surface area contributed by atoms with Gasteiger partial charge in [0.25, 0.3) is 0 Å². The maximum absolute atomic E-state index is 12.0. The highest BCUT2D eigenvalue weighted by molar-refractivity contribution is 6.05. The number of imide groups is 1. The fourth-order valence-corrected chi connectivity index (χ4v) is 2.61. The molecule has 3 nitrogen and oxygen atoms in total. The molecule has 3 heteroatoms. The predicted octanol–water partition coefficient (Wildman–Crippen LogP) is 2.13. The molecule has 0 saturated carbocycles. The largest absolute Gasteiger partial charge is 0.282 e. The minimum absolute atomic E-state index is 0.0564. The van der Waals surface area contributed by atoms with Crippen LogP contribution in [-0.4, -0.2) is 23.3 Å². The topological polar surface area (TPSA) is 37.4 Å². The monoisotopic (exact) mass is 221 g/mol. The van der Waals surface area contributed by atoms with Gasteiger partial charge in [0.15, 0.2) is 0 Å². The van der Waals surface area contributed by atoms with Crippen molar-refractivity contribution in [3.8, 4) is 0 Å². The molecule has 1 heterocycles. The Hall–Kier alpha value is -1.12. The van der Waals surface area contributed by atoms with Crippen LogP contribution in [0.25, 0.3) is 0 Å². The number of carbonyl (C=O) groups excluding carboxylic acids is 2. The number of allylic oxidation sites excluding steroid dienone is 2. The van der Waals surface area contributed by atoms with Crippen molar-refractivity contribution in [1.82, 2.24) is 4.90 Å². The van der Waals surface area contributed by atoms with Crippen molar-refractivity contribution in [1.29, 1.82) is 0 Å². The third-order valence-corrected chi connectivity index (χ3v) is 3.58. The predicted molar refractivity (Wildman–Crippen MR) is 61.6 cm³/mol. The summed E-state index contributed by atoms with van der Waals surface area (Å²) in [5.74, 6) is 0.0177. The average Bonchev–Trinajstić information content (AvgIpc) is 2.55. The molecule has 2 atom stereocenters. The molecule has 88 valence electrons. The van der Waals surface area contributed by atoms with E-state index in [1.807, 2.05) is 12.2 Å². The van der Waals surface area contributed by atoms with E-state index in [2.05, 4.69) is 6.92 Å². The second kappa shape index (κ2) is 4.81. The molecule has 1 fully saturated rings. The summed E-state index contributed by atoms with van der Waals surface area (Å²) in [5.41, 5.74) is 0. The lowest BCUT2D eigenvalue weighted by atomic mass is 9.85. The molecular weight excluding hydrogens is 202 g/mol. The van der Waals surface area contributed by atoms with E-state index in [9.17, 15) is 9.59 Å². The van der Waals surface area contributed by atoms with Crippen LogP contribution >= 0.6 is 0 Å². The summed E-state index contributed by atoms with van der Waals surface area (Å²) in [5, 5.41) is 0. The van der Waals surface area contributed by atoms with Crippen molar-refractivity contribution >= 4 is 11.8 Å². The number of likely N-dealkylation sites (tertiary alicyclic amines) is 1. The molecule has 16 heavy (non-hydrogen) atoms. The van der Waals surface area contributed by atoms with E-state index in [0.717, 1.165) is 32.1 Å². The van der Waals surface area contributed by atoms with Gasteiger partial charge in [0, 0.05) is 6.54 Å². The molecule has 1 saturated heterocycles. The lowest BCUT2D eigenvalue weighted by Gasteiger charge is -2.14. The van der Waals surface area contributed by atoms with Gasteiger partial charge in [-0.05, 0) is 19.3 Å². The molecular formula is C13H19NO2. The zero-order valence-electron chi connectivity index (χ0n) is 9.82. The summed E-state index contributed by atoms with van der Waals surface area (Å²) in [4.78, 5) is 25.5. The van der Waals surface area contributed by atoms with Crippen LogP contribution in [0.15, 0.2) is 12.2 Å². The van der Waals surface area contributed by atoms with Gasteiger partial charge in [-0.1, -0.05) is 31.9 Å². The average molecular weight is 221 g/mol. The van der Waals surface area contributed by atoms with Crippen molar-refractivity contribution in [2.75, 3.05) is 6.54 Å². The number of amides is 2. The van der Waals surface area contributed by atoms with Crippen LogP contribution in [0.1, 0.15) is 39.0 Å². The number of fused-ring (bicyclic) bond motifs is 1. The van der Waals surface area contributed by atoms with E-state index in [-0.39, 0.29) is 23.7 Å². The van der Waals surface area contributed by atoms with Crippen molar-refractivity contribution < 1.29 is 9.59 Å². The van der Waals surface area contributed by atoms with Crippen LogP contribution in [0, 0.1) is 11.8 Å². The van der Waals surface area contributed by atoms with Crippen molar-refractivity contribution in [2.24, 2.45) is 11.8 Å². The minimum Gasteiger partial charge on any atom is -0.282 e. The zero-order valence-corrected chi connectivity index (χ0v) is 9.82. The van der Waals surface area contributed by atoms with E-state index in [4.69, 9.17) is 0 Å².